The maximum absolute atomic E-state index is 11.6. The second kappa shape index (κ2) is 4.77. The third-order valence-electron chi connectivity index (χ3n) is 3.26. The smallest absolute Gasteiger partial charge is 0.226 e. The zero-order valence-electron chi connectivity index (χ0n) is 9.11. The Kier molecular flexibility index (Phi) is 3.38. The summed E-state index contributed by atoms with van der Waals surface area (Å²) < 4.78 is 0. The van der Waals surface area contributed by atoms with Crippen LogP contribution in [0.25, 0.3) is 0 Å². The van der Waals surface area contributed by atoms with E-state index < -0.39 is 0 Å². The van der Waals surface area contributed by atoms with Gasteiger partial charge in [-0.1, -0.05) is 6.08 Å². The van der Waals surface area contributed by atoms with Crippen LogP contribution in [-0.4, -0.2) is 61.0 Å². The van der Waals surface area contributed by atoms with Crippen LogP contribution < -0.4 is 5.32 Å². The van der Waals surface area contributed by atoms with E-state index in [9.17, 15) is 4.79 Å². The lowest BCUT2D eigenvalue weighted by Crippen LogP contribution is -2.62. The van der Waals surface area contributed by atoms with Gasteiger partial charge < -0.3 is 10.2 Å². The molecule has 0 saturated carbocycles. The number of carbonyl (C=O) groups is 1. The monoisotopic (exact) mass is 209 g/mol. The van der Waals surface area contributed by atoms with E-state index in [0.29, 0.717) is 12.5 Å². The summed E-state index contributed by atoms with van der Waals surface area (Å²) >= 11 is 0. The minimum absolute atomic E-state index is 0.219. The lowest BCUT2D eigenvalue weighted by molar-refractivity contribution is -0.132. The minimum atomic E-state index is 0.219. The van der Waals surface area contributed by atoms with E-state index in [-0.39, 0.29) is 5.91 Å². The van der Waals surface area contributed by atoms with Crippen LogP contribution in [0.3, 0.4) is 0 Å². The topological polar surface area (TPSA) is 35.6 Å². The zero-order valence-corrected chi connectivity index (χ0v) is 9.11. The lowest BCUT2D eigenvalue weighted by atomic mass is 10.1. The average Bonchev–Trinajstić information content (AvgIpc) is 2.16. The summed E-state index contributed by atoms with van der Waals surface area (Å²) in [5.74, 6) is 0.219. The third kappa shape index (κ3) is 2.38. The molecule has 0 aromatic rings. The van der Waals surface area contributed by atoms with Crippen molar-refractivity contribution in [1.29, 1.82) is 0 Å². The number of amides is 1. The van der Waals surface area contributed by atoms with Gasteiger partial charge in [0.15, 0.2) is 0 Å². The third-order valence-corrected chi connectivity index (χ3v) is 3.26. The Morgan fingerprint density at radius 3 is 2.47 bits per heavy atom. The number of carbonyl (C=O) groups excluding carboxylic acids is 1. The molecule has 4 nitrogen and oxygen atoms in total. The van der Waals surface area contributed by atoms with E-state index in [1.54, 1.807) is 6.08 Å². The van der Waals surface area contributed by atoms with E-state index >= 15 is 0 Å². The molecule has 2 aliphatic rings. The predicted molar refractivity (Wildman–Crippen MR) is 59.6 cm³/mol. The fourth-order valence-corrected chi connectivity index (χ4v) is 2.12. The molecular weight excluding hydrogens is 190 g/mol. The van der Waals surface area contributed by atoms with Crippen LogP contribution in [0.2, 0.25) is 0 Å². The van der Waals surface area contributed by atoms with Gasteiger partial charge in [-0.2, -0.15) is 0 Å². The first-order valence-electron chi connectivity index (χ1n) is 5.64. The molecule has 4 heteroatoms. The summed E-state index contributed by atoms with van der Waals surface area (Å²) in [7, 11) is 0. The molecule has 2 aliphatic heterocycles. The van der Waals surface area contributed by atoms with Crippen LogP contribution in [0, 0.1) is 0 Å². The van der Waals surface area contributed by atoms with E-state index in [1.165, 1.54) is 0 Å². The highest BCUT2D eigenvalue weighted by Gasteiger charge is 2.28. The highest BCUT2D eigenvalue weighted by molar-refractivity contribution is 5.77. The van der Waals surface area contributed by atoms with Crippen molar-refractivity contribution in [1.82, 2.24) is 15.1 Å². The minimum Gasteiger partial charge on any atom is -0.340 e. The molecule has 0 bridgehead atoms. The van der Waals surface area contributed by atoms with Gasteiger partial charge in [-0.25, -0.2) is 0 Å². The normalized spacial score (nSPS) is 23.6. The number of hydrogen-bond acceptors (Lipinski definition) is 3. The molecule has 2 fully saturated rings. The Labute approximate surface area is 90.9 Å². The molecule has 1 amide bonds. The van der Waals surface area contributed by atoms with Crippen LogP contribution >= 0.6 is 0 Å². The second-order valence-corrected chi connectivity index (χ2v) is 4.22. The lowest BCUT2D eigenvalue weighted by Gasteiger charge is -2.43. The second-order valence-electron chi connectivity index (χ2n) is 4.22. The molecule has 0 aromatic carbocycles. The number of piperazine rings is 1. The predicted octanol–water partition coefficient (Wildman–Crippen LogP) is -0.321. The van der Waals surface area contributed by atoms with Crippen molar-refractivity contribution in [3.8, 4) is 0 Å². The Morgan fingerprint density at radius 2 is 2.00 bits per heavy atom. The van der Waals surface area contributed by atoms with Crippen LogP contribution in [0.5, 0.6) is 0 Å². The van der Waals surface area contributed by atoms with Gasteiger partial charge in [0.1, 0.15) is 0 Å². The van der Waals surface area contributed by atoms with E-state index in [1.807, 2.05) is 4.90 Å². The maximum atomic E-state index is 11.6. The van der Waals surface area contributed by atoms with Crippen molar-refractivity contribution in [2.24, 2.45) is 0 Å². The Balaban J connectivity index is 1.75. The molecule has 2 saturated heterocycles. The number of rotatable bonds is 3. The van der Waals surface area contributed by atoms with Crippen molar-refractivity contribution in [2.45, 2.75) is 12.5 Å². The van der Waals surface area contributed by atoms with Gasteiger partial charge in [0, 0.05) is 51.7 Å². The van der Waals surface area contributed by atoms with Crippen molar-refractivity contribution >= 4 is 5.91 Å². The summed E-state index contributed by atoms with van der Waals surface area (Å²) in [6.07, 6.45) is 2.16. The molecular formula is C11H19N3O. The molecule has 0 aliphatic carbocycles. The largest absolute Gasteiger partial charge is 0.340 e. The number of nitrogens with zero attached hydrogens (tertiary/aromatic N) is 2. The Morgan fingerprint density at radius 1 is 1.33 bits per heavy atom. The fraction of sp³-hybridized carbons (Fsp3) is 0.727. The van der Waals surface area contributed by atoms with Gasteiger partial charge in [0.2, 0.25) is 5.91 Å². The maximum Gasteiger partial charge on any atom is 0.226 e. The van der Waals surface area contributed by atoms with Crippen molar-refractivity contribution in [3.05, 3.63) is 12.7 Å². The fourth-order valence-electron chi connectivity index (χ4n) is 2.12. The van der Waals surface area contributed by atoms with Crippen molar-refractivity contribution in [3.63, 3.8) is 0 Å². The van der Waals surface area contributed by atoms with E-state index in [0.717, 1.165) is 39.3 Å². The van der Waals surface area contributed by atoms with E-state index in [4.69, 9.17) is 0 Å². The van der Waals surface area contributed by atoms with Crippen molar-refractivity contribution < 1.29 is 4.79 Å². The van der Waals surface area contributed by atoms with Crippen molar-refractivity contribution in [2.75, 3.05) is 39.3 Å². The average molecular weight is 209 g/mol. The van der Waals surface area contributed by atoms with Gasteiger partial charge in [0.25, 0.3) is 0 Å². The first-order valence-corrected chi connectivity index (χ1v) is 5.64. The van der Waals surface area contributed by atoms with Crippen LogP contribution in [0.4, 0.5) is 0 Å². The summed E-state index contributed by atoms with van der Waals surface area (Å²) in [5.41, 5.74) is 0. The summed E-state index contributed by atoms with van der Waals surface area (Å²) in [5, 5.41) is 3.28. The number of hydrogen-bond donors (Lipinski definition) is 1. The molecule has 0 unspecified atom stereocenters. The Hall–Kier alpha value is -0.870. The highest BCUT2D eigenvalue weighted by atomic mass is 16.2. The molecule has 1 N–H and O–H groups in total. The standard InChI is InChI=1S/C11H19N3O/c1-2-3-11(15)14-6-4-13(5-7-14)10-8-12-9-10/h2,10,12H,1,3-9H2. The summed E-state index contributed by atoms with van der Waals surface area (Å²) in [6.45, 7) is 9.62. The summed E-state index contributed by atoms with van der Waals surface area (Å²) in [6, 6.07) is 0.710. The van der Waals surface area contributed by atoms with Gasteiger partial charge in [-0.05, 0) is 0 Å². The first-order chi connectivity index (χ1) is 7.31. The molecule has 0 atom stereocenters. The van der Waals surface area contributed by atoms with E-state index in [2.05, 4.69) is 16.8 Å². The van der Waals surface area contributed by atoms with Crippen LogP contribution in [0.15, 0.2) is 12.7 Å². The van der Waals surface area contributed by atoms with Crippen LogP contribution in [-0.2, 0) is 4.79 Å². The van der Waals surface area contributed by atoms with Crippen LogP contribution in [0.1, 0.15) is 6.42 Å². The molecule has 0 aromatic heterocycles. The van der Waals surface area contributed by atoms with Gasteiger partial charge >= 0.3 is 0 Å². The van der Waals surface area contributed by atoms with Gasteiger partial charge in [0.05, 0.1) is 0 Å². The molecule has 84 valence electrons. The Bertz CT molecular complexity index is 242. The molecule has 2 rings (SSSR count). The SMILES string of the molecule is C=CCC(=O)N1CCN(C2CNC2)CC1. The zero-order chi connectivity index (χ0) is 10.7. The van der Waals surface area contributed by atoms with Gasteiger partial charge in [-0.15, -0.1) is 6.58 Å². The highest BCUT2D eigenvalue weighted by Crippen LogP contribution is 2.10. The molecule has 2 heterocycles. The molecule has 15 heavy (non-hydrogen) atoms. The molecule has 0 spiro atoms. The first kappa shape index (κ1) is 10.6. The summed E-state index contributed by atoms with van der Waals surface area (Å²) in [4.78, 5) is 16.0. The molecule has 0 radical (unpaired) electrons. The number of nitrogens with one attached hydrogen (secondary N) is 1. The quantitative estimate of drug-likeness (QED) is 0.647. The van der Waals surface area contributed by atoms with Gasteiger partial charge in [-0.3, -0.25) is 9.69 Å².